The van der Waals surface area contributed by atoms with Gasteiger partial charge in [0.2, 0.25) is 0 Å². The fourth-order valence-electron chi connectivity index (χ4n) is 2.85. The number of rotatable bonds is 3. The lowest BCUT2D eigenvalue weighted by Gasteiger charge is -2.28. The van der Waals surface area contributed by atoms with Crippen LogP contribution in [0.1, 0.15) is 27.9 Å². The normalized spacial score (nSPS) is 16.1. The van der Waals surface area contributed by atoms with Crippen molar-refractivity contribution in [3.8, 4) is 0 Å². The van der Waals surface area contributed by atoms with E-state index >= 15 is 0 Å². The van der Waals surface area contributed by atoms with E-state index in [1.54, 1.807) is 0 Å². The van der Waals surface area contributed by atoms with Gasteiger partial charge in [-0.3, -0.25) is 19.8 Å². The molecule has 0 bridgehead atoms. The maximum atomic E-state index is 12.9. The number of amides is 1. The van der Waals surface area contributed by atoms with Crippen LogP contribution in [0.4, 0.5) is 24.5 Å². The van der Waals surface area contributed by atoms with Crippen LogP contribution in [-0.2, 0) is 6.18 Å². The smallest absolute Gasteiger partial charge is 0.287 e. The molecule has 1 aliphatic heterocycles. The van der Waals surface area contributed by atoms with Crippen molar-refractivity contribution in [3.05, 3.63) is 69.3 Å². The minimum atomic E-state index is -4.48. The van der Waals surface area contributed by atoms with Crippen molar-refractivity contribution in [2.24, 2.45) is 4.99 Å². The van der Waals surface area contributed by atoms with Crippen LogP contribution in [0.5, 0.6) is 0 Å². The maximum absolute atomic E-state index is 12.9. The highest BCUT2D eigenvalue weighted by molar-refractivity contribution is 8.13. The molecule has 0 unspecified atom stereocenters. The first-order valence-electron chi connectivity index (χ1n) is 8.62. The summed E-state index contributed by atoms with van der Waals surface area (Å²) in [6, 6.07) is 8.66. The number of halogens is 3. The van der Waals surface area contributed by atoms with E-state index in [0.717, 1.165) is 12.1 Å². The number of thioether (sulfide) groups is 1. The number of carbonyl (C=O) groups excluding carboxylic acids is 1. The second-order valence-electron chi connectivity index (χ2n) is 6.36. The van der Waals surface area contributed by atoms with Crippen LogP contribution < -0.4 is 0 Å². The molecular formula is C19H16F3N3O3S. The molecule has 152 valence electrons. The highest BCUT2D eigenvalue weighted by Gasteiger charge is 2.31. The van der Waals surface area contributed by atoms with Crippen LogP contribution in [0.25, 0.3) is 0 Å². The number of amidine groups is 1. The first-order valence-corrected chi connectivity index (χ1v) is 9.61. The number of hydrogen-bond acceptors (Lipinski definition) is 5. The van der Waals surface area contributed by atoms with Gasteiger partial charge in [-0.15, -0.1) is 0 Å². The molecule has 0 spiro atoms. The third-order valence-electron chi connectivity index (χ3n) is 4.27. The van der Waals surface area contributed by atoms with E-state index in [2.05, 4.69) is 4.99 Å². The average Bonchev–Trinajstić information content (AvgIpc) is 2.67. The first kappa shape index (κ1) is 20.8. The molecule has 1 aliphatic rings. The summed E-state index contributed by atoms with van der Waals surface area (Å²) >= 11 is 1.28. The molecule has 0 saturated carbocycles. The number of carbonyl (C=O) groups is 1. The van der Waals surface area contributed by atoms with Crippen LogP contribution in [0.2, 0.25) is 0 Å². The van der Waals surface area contributed by atoms with Crippen molar-refractivity contribution in [2.75, 3.05) is 12.3 Å². The molecule has 0 radical (unpaired) electrons. The summed E-state index contributed by atoms with van der Waals surface area (Å²) in [6.45, 7) is 1.90. The van der Waals surface area contributed by atoms with Crippen LogP contribution in [0, 0.1) is 17.0 Å². The van der Waals surface area contributed by atoms with Crippen molar-refractivity contribution in [1.82, 2.24) is 4.90 Å². The Labute approximate surface area is 168 Å². The van der Waals surface area contributed by atoms with Gasteiger partial charge in [-0.1, -0.05) is 17.8 Å². The quantitative estimate of drug-likeness (QED) is 0.503. The molecule has 0 N–H and O–H groups in total. The van der Waals surface area contributed by atoms with Crippen molar-refractivity contribution in [2.45, 2.75) is 19.5 Å². The predicted molar refractivity (Wildman–Crippen MR) is 104 cm³/mol. The minimum Gasteiger partial charge on any atom is -0.287 e. The zero-order valence-electron chi connectivity index (χ0n) is 15.3. The number of aliphatic imine (C=N–C) groups is 1. The molecule has 2 aromatic rings. The van der Waals surface area contributed by atoms with Crippen LogP contribution in [0.3, 0.4) is 0 Å². The lowest BCUT2D eigenvalue weighted by molar-refractivity contribution is -0.385. The molecule has 10 heteroatoms. The predicted octanol–water partition coefficient (Wildman–Crippen LogP) is 5.19. The van der Waals surface area contributed by atoms with E-state index in [1.807, 2.05) is 0 Å². The molecule has 0 aromatic heterocycles. The number of nitrogens with zero attached hydrogens (tertiary/aromatic N) is 3. The summed E-state index contributed by atoms with van der Waals surface area (Å²) in [5.41, 5.74) is -0.201. The van der Waals surface area contributed by atoms with E-state index in [4.69, 9.17) is 0 Å². The van der Waals surface area contributed by atoms with E-state index in [0.29, 0.717) is 29.4 Å². The van der Waals surface area contributed by atoms with Crippen molar-refractivity contribution in [3.63, 3.8) is 0 Å². The largest absolute Gasteiger partial charge is 0.416 e. The van der Waals surface area contributed by atoms with E-state index in [9.17, 15) is 28.1 Å². The number of nitro benzene ring substituents is 1. The summed E-state index contributed by atoms with van der Waals surface area (Å²) in [5, 5.41) is 11.3. The van der Waals surface area contributed by atoms with Gasteiger partial charge in [-0.05, 0) is 43.7 Å². The molecule has 2 aromatic carbocycles. The van der Waals surface area contributed by atoms with Gasteiger partial charge in [0, 0.05) is 29.5 Å². The Kier molecular flexibility index (Phi) is 5.92. The lowest BCUT2D eigenvalue weighted by atomic mass is 10.1. The van der Waals surface area contributed by atoms with Gasteiger partial charge in [0.25, 0.3) is 11.6 Å². The Hall–Kier alpha value is -2.88. The molecule has 6 nitrogen and oxygen atoms in total. The highest BCUT2D eigenvalue weighted by Crippen LogP contribution is 2.32. The average molecular weight is 423 g/mol. The van der Waals surface area contributed by atoms with Gasteiger partial charge in [-0.25, -0.2) is 4.99 Å². The molecule has 1 heterocycles. The fraction of sp³-hybridized carbons (Fsp3) is 0.263. The number of hydrogen-bond donors (Lipinski definition) is 0. The molecule has 1 saturated heterocycles. The maximum Gasteiger partial charge on any atom is 0.416 e. The fourth-order valence-corrected chi connectivity index (χ4v) is 3.81. The highest BCUT2D eigenvalue weighted by atomic mass is 32.2. The number of aryl methyl sites for hydroxylation is 1. The second-order valence-corrected chi connectivity index (χ2v) is 7.42. The van der Waals surface area contributed by atoms with Gasteiger partial charge in [0.15, 0.2) is 5.17 Å². The lowest BCUT2D eigenvalue weighted by Crippen LogP contribution is -2.39. The zero-order chi connectivity index (χ0) is 21.2. The summed E-state index contributed by atoms with van der Waals surface area (Å²) < 4.78 is 38.8. The molecular weight excluding hydrogens is 407 g/mol. The second kappa shape index (κ2) is 8.24. The minimum absolute atomic E-state index is 0.0903. The van der Waals surface area contributed by atoms with Gasteiger partial charge >= 0.3 is 6.18 Å². The summed E-state index contributed by atoms with van der Waals surface area (Å²) in [6.07, 6.45) is -3.79. The van der Waals surface area contributed by atoms with Gasteiger partial charge in [0.1, 0.15) is 0 Å². The molecule has 29 heavy (non-hydrogen) atoms. The number of alkyl halides is 3. The molecule has 0 aliphatic carbocycles. The Morgan fingerprint density at radius 2 is 2.00 bits per heavy atom. The van der Waals surface area contributed by atoms with E-state index in [1.165, 1.54) is 53.9 Å². The Bertz CT molecular complexity index is 992. The first-order chi connectivity index (χ1) is 13.7. The Balaban J connectivity index is 1.92. The van der Waals surface area contributed by atoms with Crippen molar-refractivity contribution >= 4 is 34.2 Å². The van der Waals surface area contributed by atoms with Crippen LogP contribution in [-0.4, -0.2) is 33.2 Å². The SMILES string of the molecule is Cc1cc(C(=O)N2CCCSC2=Nc2cccc(C(F)(F)F)c2)ccc1[N+](=O)[O-]. The third-order valence-corrected chi connectivity index (χ3v) is 5.33. The molecule has 0 atom stereocenters. The Morgan fingerprint density at radius 1 is 1.24 bits per heavy atom. The molecule has 3 rings (SSSR count). The zero-order valence-corrected chi connectivity index (χ0v) is 16.1. The van der Waals surface area contributed by atoms with E-state index < -0.39 is 22.6 Å². The Morgan fingerprint density at radius 3 is 2.66 bits per heavy atom. The van der Waals surface area contributed by atoms with Gasteiger partial charge in [0.05, 0.1) is 16.2 Å². The van der Waals surface area contributed by atoms with Crippen LogP contribution in [0.15, 0.2) is 47.5 Å². The van der Waals surface area contributed by atoms with Gasteiger partial charge < -0.3 is 0 Å². The summed E-state index contributed by atoms with van der Waals surface area (Å²) in [5.74, 6) is 0.279. The topological polar surface area (TPSA) is 75.8 Å². The molecule has 1 amide bonds. The number of nitro groups is 1. The van der Waals surface area contributed by atoms with Crippen molar-refractivity contribution < 1.29 is 22.9 Å². The molecule has 1 fully saturated rings. The standard InChI is InChI=1S/C19H16F3N3O3S/c1-12-10-13(6-7-16(12)25(27)28)17(26)24-8-3-9-29-18(24)23-15-5-2-4-14(11-15)19(20,21)22/h2,4-7,10-11H,3,8-9H2,1H3. The number of benzene rings is 2. The monoisotopic (exact) mass is 423 g/mol. The van der Waals surface area contributed by atoms with E-state index in [-0.39, 0.29) is 16.9 Å². The van der Waals surface area contributed by atoms with Crippen LogP contribution >= 0.6 is 11.8 Å². The van der Waals surface area contributed by atoms with Gasteiger partial charge in [-0.2, -0.15) is 13.2 Å². The summed E-state index contributed by atoms with van der Waals surface area (Å²) in [4.78, 5) is 29.0. The van der Waals surface area contributed by atoms with Crippen molar-refractivity contribution in [1.29, 1.82) is 0 Å². The third kappa shape index (κ3) is 4.76. The summed E-state index contributed by atoms with van der Waals surface area (Å²) in [7, 11) is 0.